The summed E-state index contributed by atoms with van der Waals surface area (Å²) in [6, 6.07) is 0. The summed E-state index contributed by atoms with van der Waals surface area (Å²) < 4.78 is 3.67. The Morgan fingerprint density at radius 1 is 1.50 bits per heavy atom. The Labute approximate surface area is 107 Å². The Hall–Kier alpha value is -0.490. The summed E-state index contributed by atoms with van der Waals surface area (Å²) in [6.07, 6.45) is 6.31. The van der Waals surface area contributed by atoms with Crippen molar-refractivity contribution < 1.29 is 4.79 Å². The number of halogens is 1. The molecular weight excluding hydrogens is 290 g/mol. The first kappa shape index (κ1) is 12.0. The highest BCUT2D eigenvalue weighted by Crippen LogP contribution is 2.28. The van der Waals surface area contributed by atoms with E-state index in [4.69, 9.17) is 0 Å². The van der Waals surface area contributed by atoms with Crippen LogP contribution in [-0.4, -0.2) is 26.9 Å². The number of amides is 1. The summed E-state index contributed by atoms with van der Waals surface area (Å²) in [6.45, 7) is 0.774. The van der Waals surface area contributed by atoms with Crippen molar-refractivity contribution in [2.24, 2.45) is 5.92 Å². The van der Waals surface area contributed by atoms with E-state index >= 15 is 0 Å². The minimum atomic E-state index is -0.0454. The second-order valence-corrected chi connectivity index (χ2v) is 6.19. The second-order valence-electron chi connectivity index (χ2n) is 4.11. The summed E-state index contributed by atoms with van der Waals surface area (Å²) >= 11 is 4.76. The Bertz CT molecular complexity index is 336. The normalized spacial score (nSPS) is 25.3. The Morgan fingerprint density at radius 3 is 2.88 bits per heavy atom. The van der Waals surface area contributed by atoms with Gasteiger partial charge in [0.2, 0.25) is 0 Å². The van der Waals surface area contributed by atoms with Crippen molar-refractivity contribution in [3.05, 3.63) is 11.1 Å². The molecule has 1 amide bonds. The van der Waals surface area contributed by atoms with Crippen LogP contribution in [0.4, 0.5) is 0 Å². The highest BCUT2D eigenvalue weighted by molar-refractivity contribution is 9.09. The van der Waals surface area contributed by atoms with Crippen LogP contribution in [0.1, 0.15) is 35.4 Å². The minimum Gasteiger partial charge on any atom is -0.351 e. The lowest BCUT2D eigenvalue weighted by Crippen LogP contribution is -2.30. The Kier molecular flexibility index (Phi) is 4.29. The third-order valence-corrected chi connectivity index (χ3v) is 4.49. The van der Waals surface area contributed by atoms with Gasteiger partial charge in [0.05, 0.1) is 6.20 Å². The fourth-order valence-corrected chi connectivity index (χ4v) is 2.88. The number of aromatic nitrogens is 2. The van der Waals surface area contributed by atoms with Gasteiger partial charge in [-0.15, -0.1) is 5.10 Å². The number of hydrogen-bond acceptors (Lipinski definition) is 4. The molecule has 1 heterocycles. The smallest absolute Gasteiger partial charge is 0.264 e. The number of hydrogen-bond donors (Lipinski definition) is 1. The van der Waals surface area contributed by atoms with E-state index in [2.05, 4.69) is 30.8 Å². The molecule has 1 aromatic rings. The van der Waals surface area contributed by atoms with Gasteiger partial charge in [-0.1, -0.05) is 20.4 Å². The van der Waals surface area contributed by atoms with Crippen molar-refractivity contribution >= 4 is 33.4 Å². The second kappa shape index (κ2) is 5.72. The van der Waals surface area contributed by atoms with E-state index in [1.165, 1.54) is 31.9 Å². The molecule has 1 saturated carbocycles. The average molecular weight is 304 g/mol. The standard InChI is InChI=1S/C10H14BrN3OS/c11-8-3-1-7(2-4-8)5-12-10(15)9-6-13-14-16-9/h6-8H,1-5H2,(H,12,15). The molecule has 0 radical (unpaired) electrons. The first-order valence-corrected chi connectivity index (χ1v) is 7.14. The van der Waals surface area contributed by atoms with Crippen LogP contribution in [0, 0.1) is 5.92 Å². The number of carbonyl (C=O) groups excluding carboxylic acids is 1. The third-order valence-electron chi connectivity index (χ3n) is 2.91. The van der Waals surface area contributed by atoms with Gasteiger partial charge in [0.25, 0.3) is 5.91 Å². The molecule has 0 spiro atoms. The molecule has 0 atom stereocenters. The molecule has 0 unspecified atom stereocenters. The highest BCUT2D eigenvalue weighted by atomic mass is 79.9. The molecule has 1 aliphatic rings. The van der Waals surface area contributed by atoms with Crippen LogP contribution in [0.5, 0.6) is 0 Å². The lowest BCUT2D eigenvalue weighted by molar-refractivity contribution is 0.0947. The van der Waals surface area contributed by atoms with Gasteiger partial charge in [0, 0.05) is 11.4 Å². The zero-order chi connectivity index (χ0) is 11.4. The van der Waals surface area contributed by atoms with Gasteiger partial charge >= 0.3 is 0 Å². The fraction of sp³-hybridized carbons (Fsp3) is 0.700. The van der Waals surface area contributed by atoms with Crippen molar-refractivity contribution in [1.82, 2.24) is 14.9 Å². The van der Waals surface area contributed by atoms with Crippen molar-refractivity contribution in [3.63, 3.8) is 0 Å². The zero-order valence-corrected chi connectivity index (χ0v) is 11.3. The van der Waals surface area contributed by atoms with E-state index in [0.717, 1.165) is 18.1 Å². The molecule has 88 valence electrons. The maximum atomic E-state index is 11.6. The lowest BCUT2D eigenvalue weighted by atomic mass is 9.89. The zero-order valence-electron chi connectivity index (χ0n) is 8.86. The van der Waals surface area contributed by atoms with Crippen LogP contribution in [0.3, 0.4) is 0 Å². The summed E-state index contributed by atoms with van der Waals surface area (Å²) in [7, 11) is 0. The van der Waals surface area contributed by atoms with Crippen LogP contribution in [0.25, 0.3) is 0 Å². The first-order valence-electron chi connectivity index (χ1n) is 5.45. The van der Waals surface area contributed by atoms with Crippen LogP contribution in [0.15, 0.2) is 6.20 Å². The van der Waals surface area contributed by atoms with Gasteiger partial charge in [0.1, 0.15) is 4.88 Å². The summed E-state index contributed by atoms with van der Waals surface area (Å²) in [5, 5.41) is 6.60. The molecule has 6 heteroatoms. The van der Waals surface area contributed by atoms with Crippen LogP contribution in [-0.2, 0) is 0 Å². The van der Waals surface area contributed by atoms with E-state index in [0.29, 0.717) is 15.6 Å². The van der Waals surface area contributed by atoms with E-state index in [9.17, 15) is 4.79 Å². The minimum absolute atomic E-state index is 0.0454. The quantitative estimate of drug-likeness (QED) is 0.871. The number of rotatable bonds is 3. The molecular formula is C10H14BrN3OS. The molecule has 1 aromatic heterocycles. The number of alkyl halides is 1. The molecule has 1 N–H and O–H groups in total. The third kappa shape index (κ3) is 3.25. The number of nitrogens with one attached hydrogen (secondary N) is 1. The Balaban J connectivity index is 1.73. The van der Waals surface area contributed by atoms with Crippen molar-refractivity contribution in [1.29, 1.82) is 0 Å². The molecule has 1 fully saturated rings. The fourth-order valence-electron chi connectivity index (χ4n) is 1.92. The predicted octanol–water partition coefficient (Wildman–Crippen LogP) is 2.22. The largest absolute Gasteiger partial charge is 0.351 e. The van der Waals surface area contributed by atoms with Gasteiger partial charge in [-0.25, -0.2) is 0 Å². The predicted molar refractivity (Wildman–Crippen MR) is 66.9 cm³/mol. The molecule has 0 aromatic carbocycles. The van der Waals surface area contributed by atoms with Crippen LogP contribution in [0.2, 0.25) is 0 Å². The van der Waals surface area contributed by atoms with E-state index < -0.39 is 0 Å². The topological polar surface area (TPSA) is 54.9 Å². The van der Waals surface area contributed by atoms with Gasteiger partial charge in [-0.3, -0.25) is 4.79 Å². The van der Waals surface area contributed by atoms with Gasteiger partial charge in [0.15, 0.2) is 0 Å². The maximum absolute atomic E-state index is 11.6. The molecule has 0 aliphatic heterocycles. The summed E-state index contributed by atoms with van der Waals surface area (Å²) in [5.74, 6) is 0.578. The van der Waals surface area contributed by atoms with Crippen molar-refractivity contribution in [2.75, 3.05) is 6.54 Å². The molecule has 0 saturated heterocycles. The average Bonchev–Trinajstić information content (AvgIpc) is 2.81. The molecule has 0 bridgehead atoms. The SMILES string of the molecule is O=C(NCC1CCC(Br)CC1)c1cnns1. The van der Waals surface area contributed by atoms with E-state index in [1.807, 2.05) is 0 Å². The van der Waals surface area contributed by atoms with E-state index in [-0.39, 0.29) is 5.91 Å². The molecule has 1 aliphatic carbocycles. The maximum Gasteiger partial charge on any atom is 0.264 e. The van der Waals surface area contributed by atoms with Crippen molar-refractivity contribution in [2.45, 2.75) is 30.5 Å². The summed E-state index contributed by atoms with van der Waals surface area (Å²) in [5.41, 5.74) is 0. The number of carbonyl (C=O) groups is 1. The van der Waals surface area contributed by atoms with E-state index in [1.54, 1.807) is 0 Å². The van der Waals surface area contributed by atoms with Gasteiger partial charge in [-0.2, -0.15) is 0 Å². The first-order chi connectivity index (χ1) is 7.75. The lowest BCUT2D eigenvalue weighted by Gasteiger charge is -2.25. The molecule has 4 nitrogen and oxygen atoms in total. The van der Waals surface area contributed by atoms with Crippen LogP contribution >= 0.6 is 27.5 Å². The molecule has 16 heavy (non-hydrogen) atoms. The van der Waals surface area contributed by atoms with Crippen LogP contribution < -0.4 is 5.32 Å². The molecule has 2 rings (SSSR count). The van der Waals surface area contributed by atoms with Gasteiger partial charge < -0.3 is 5.32 Å². The number of nitrogens with zero attached hydrogens (tertiary/aromatic N) is 2. The highest BCUT2D eigenvalue weighted by Gasteiger charge is 2.20. The summed E-state index contributed by atoms with van der Waals surface area (Å²) in [4.78, 5) is 12.9. The monoisotopic (exact) mass is 303 g/mol. The van der Waals surface area contributed by atoms with Gasteiger partial charge in [-0.05, 0) is 43.1 Å². The Morgan fingerprint density at radius 2 is 2.25 bits per heavy atom. The van der Waals surface area contributed by atoms with Crippen molar-refractivity contribution in [3.8, 4) is 0 Å².